The first-order chi connectivity index (χ1) is 8.10. The molecule has 1 aromatic rings. The van der Waals surface area contributed by atoms with Crippen molar-refractivity contribution in [3.8, 4) is 0 Å². The number of rotatable bonds is 0. The predicted octanol–water partition coefficient (Wildman–Crippen LogP) is 3.46. The molecule has 1 heterocycles. The highest BCUT2D eigenvalue weighted by atomic mass is 19.4. The molecule has 0 spiro atoms. The van der Waals surface area contributed by atoms with Gasteiger partial charge in [0.2, 0.25) is 0 Å². The monoisotopic (exact) mass is 257 g/mol. The number of alkyl halides is 3. The van der Waals surface area contributed by atoms with Gasteiger partial charge in [-0.05, 0) is 38.5 Å². The maximum absolute atomic E-state index is 12.6. The maximum atomic E-state index is 12.6. The summed E-state index contributed by atoms with van der Waals surface area (Å²) in [6, 6.07) is 3.36. The molecule has 0 saturated carbocycles. The molecular formula is C13H14F3NO. The molecule has 0 aliphatic carbocycles. The Morgan fingerprint density at radius 1 is 1.17 bits per heavy atom. The van der Waals surface area contributed by atoms with E-state index in [1.807, 2.05) is 20.8 Å². The fourth-order valence-corrected chi connectivity index (χ4v) is 2.02. The summed E-state index contributed by atoms with van der Waals surface area (Å²) < 4.78 is 37.8. The van der Waals surface area contributed by atoms with E-state index >= 15 is 0 Å². The van der Waals surface area contributed by atoms with Crippen LogP contribution in [0.1, 0.15) is 42.3 Å². The molecule has 0 aromatic heterocycles. The summed E-state index contributed by atoms with van der Waals surface area (Å²) in [6.45, 7) is 5.96. The van der Waals surface area contributed by atoms with Crippen LogP contribution in [0.5, 0.6) is 0 Å². The van der Waals surface area contributed by atoms with Crippen LogP contribution in [0, 0.1) is 0 Å². The van der Waals surface area contributed by atoms with Crippen LogP contribution in [0.25, 0.3) is 0 Å². The fraction of sp³-hybridized carbons (Fsp3) is 0.462. The largest absolute Gasteiger partial charge is 0.416 e. The van der Waals surface area contributed by atoms with Gasteiger partial charge in [-0.1, -0.05) is 6.07 Å². The van der Waals surface area contributed by atoms with Gasteiger partial charge < -0.3 is 4.90 Å². The van der Waals surface area contributed by atoms with Crippen molar-refractivity contribution >= 4 is 5.91 Å². The number of benzene rings is 1. The topological polar surface area (TPSA) is 20.3 Å². The molecule has 0 radical (unpaired) electrons. The van der Waals surface area contributed by atoms with E-state index in [0.29, 0.717) is 12.1 Å². The Balaban J connectivity index is 2.43. The van der Waals surface area contributed by atoms with E-state index in [0.717, 1.165) is 12.1 Å². The smallest absolute Gasteiger partial charge is 0.329 e. The Morgan fingerprint density at radius 2 is 1.78 bits per heavy atom. The van der Waals surface area contributed by atoms with Gasteiger partial charge in [-0.3, -0.25) is 4.79 Å². The summed E-state index contributed by atoms with van der Waals surface area (Å²) in [5.41, 5.74) is -0.345. The zero-order chi connectivity index (χ0) is 13.7. The molecule has 0 bridgehead atoms. The summed E-state index contributed by atoms with van der Waals surface area (Å²) in [4.78, 5) is 13.7. The molecule has 1 amide bonds. The molecule has 1 aliphatic rings. The van der Waals surface area contributed by atoms with Crippen molar-refractivity contribution in [1.82, 2.24) is 4.90 Å². The number of hydrogen-bond donors (Lipinski definition) is 0. The predicted molar refractivity (Wildman–Crippen MR) is 61.1 cm³/mol. The van der Waals surface area contributed by atoms with Crippen molar-refractivity contribution in [3.63, 3.8) is 0 Å². The van der Waals surface area contributed by atoms with E-state index in [1.165, 1.54) is 6.07 Å². The van der Waals surface area contributed by atoms with Crippen molar-refractivity contribution in [2.75, 3.05) is 0 Å². The third-order valence-electron chi connectivity index (χ3n) is 3.05. The van der Waals surface area contributed by atoms with Crippen molar-refractivity contribution in [2.24, 2.45) is 0 Å². The van der Waals surface area contributed by atoms with E-state index in [2.05, 4.69) is 0 Å². The number of hydrogen-bond acceptors (Lipinski definition) is 1. The summed E-state index contributed by atoms with van der Waals surface area (Å²) in [7, 11) is 0. The highest BCUT2D eigenvalue weighted by Crippen LogP contribution is 2.35. The van der Waals surface area contributed by atoms with Gasteiger partial charge in [-0.2, -0.15) is 13.2 Å². The standard InChI is InChI=1S/C13H14F3NO/c1-12(2,3)17-7-8-4-5-9(13(14,15)16)6-10(8)11(17)18/h4-6H,7H2,1-3H3. The molecule has 2 nitrogen and oxygen atoms in total. The lowest BCUT2D eigenvalue weighted by Crippen LogP contribution is -2.41. The van der Waals surface area contributed by atoms with Gasteiger partial charge in [0, 0.05) is 17.6 Å². The first-order valence-corrected chi connectivity index (χ1v) is 5.63. The molecule has 2 rings (SSSR count). The Morgan fingerprint density at radius 3 is 2.28 bits per heavy atom. The second-order valence-electron chi connectivity index (χ2n) is 5.43. The number of carbonyl (C=O) groups excluding carboxylic acids is 1. The van der Waals surface area contributed by atoms with Crippen LogP contribution < -0.4 is 0 Å². The van der Waals surface area contributed by atoms with Crippen molar-refractivity contribution < 1.29 is 18.0 Å². The van der Waals surface area contributed by atoms with Crippen LogP contribution in [-0.4, -0.2) is 16.3 Å². The molecular weight excluding hydrogens is 243 g/mol. The van der Waals surface area contributed by atoms with Gasteiger partial charge in [-0.15, -0.1) is 0 Å². The van der Waals surface area contributed by atoms with E-state index in [9.17, 15) is 18.0 Å². The highest BCUT2D eigenvalue weighted by Gasteiger charge is 2.37. The lowest BCUT2D eigenvalue weighted by molar-refractivity contribution is -0.137. The van der Waals surface area contributed by atoms with E-state index in [-0.39, 0.29) is 11.5 Å². The summed E-state index contributed by atoms with van der Waals surface area (Å²) in [5, 5.41) is 0. The number of amides is 1. The van der Waals surface area contributed by atoms with Gasteiger partial charge in [0.1, 0.15) is 0 Å². The molecule has 0 atom stereocenters. The Bertz CT molecular complexity index is 500. The van der Waals surface area contributed by atoms with Crippen LogP contribution >= 0.6 is 0 Å². The number of nitrogens with zero attached hydrogens (tertiary/aromatic N) is 1. The lowest BCUT2D eigenvalue weighted by Gasteiger charge is -2.31. The fourth-order valence-electron chi connectivity index (χ4n) is 2.02. The maximum Gasteiger partial charge on any atom is 0.416 e. The van der Waals surface area contributed by atoms with Gasteiger partial charge in [0.05, 0.1) is 5.56 Å². The van der Waals surface area contributed by atoms with Crippen LogP contribution in [-0.2, 0) is 12.7 Å². The average molecular weight is 257 g/mol. The summed E-state index contributed by atoms with van der Waals surface area (Å²) >= 11 is 0. The van der Waals surface area contributed by atoms with Crippen LogP contribution in [0.4, 0.5) is 13.2 Å². The zero-order valence-electron chi connectivity index (χ0n) is 10.4. The Hall–Kier alpha value is -1.52. The normalized spacial score (nSPS) is 16.1. The zero-order valence-corrected chi connectivity index (χ0v) is 10.4. The van der Waals surface area contributed by atoms with Gasteiger partial charge in [0.25, 0.3) is 5.91 Å². The lowest BCUT2D eigenvalue weighted by atomic mass is 10.1. The minimum absolute atomic E-state index is 0.166. The van der Waals surface area contributed by atoms with E-state index in [4.69, 9.17) is 0 Å². The van der Waals surface area contributed by atoms with Crippen molar-refractivity contribution in [2.45, 2.75) is 39.0 Å². The summed E-state index contributed by atoms with van der Waals surface area (Å²) in [6.07, 6.45) is -4.41. The minimum atomic E-state index is -4.41. The molecule has 98 valence electrons. The van der Waals surface area contributed by atoms with Crippen molar-refractivity contribution in [3.05, 3.63) is 34.9 Å². The highest BCUT2D eigenvalue weighted by molar-refractivity contribution is 5.99. The molecule has 0 unspecified atom stereocenters. The first kappa shape index (κ1) is 12.9. The molecule has 18 heavy (non-hydrogen) atoms. The molecule has 1 aromatic carbocycles. The third kappa shape index (κ3) is 2.09. The Kier molecular flexibility index (Phi) is 2.68. The second kappa shape index (κ2) is 3.73. The van der Waals surface area contributed by atoms with Gasteiger partial charge in [0.15, 0.2) is 0 Å². The van der Waals surface area contributed by atoms with E-state index < -0.39 is 17.3 Å². The van der Waals surface area contributed by atoms with Crippen LogP contribution in [0.2, 0.25) is 0 Å². The van der Waals surface area contributed by atoms with Gasteiger partial charge in [-0.25, -0.2) is 0 Å². The second-order valence-corrected chi connectivity index (χ2v) is 5.43. The molecule has 1 aliphatic heterocycles. The number of fused-ring (bicyclic) bond motifs is 1. The van der Waals surface area contributed by atoms with Crippen molar-refractivity contribution in [1.29, 1.82) is 0 Å². The number of halogens is 3. The van der Waals surface area contributed by atoms with E-state index in [1.54, 1.807) is 4.90 Å². The quantitative estimate of drug-likeness (QED) is 0.697. The average Bonchev–Trinajstić information content (AvgIpc) is 2.54. The van der Waals surface area contributed by atoms with Crippen LogP contribution in [0.3, 0.4) is 0 Å². The molecule has 5 heteroatoms. The van der Waals surface area contributed by atoms with Gasteiger partial charge >= 0.3 is 6.18 Å². The SMILES string of the molecule is CC(C)(C)N1Cc2ccc(C(F)(F)F)cc2C1=O. The molecule has 0 fully saturated rings. The Labute approximate surface area is 103 Å². The van der Waals surface area contributed by atoms with Crippen LogP contribution in [0.15, 0.2) is 18.2 Å². The molecule has 0 saturated heterocycles. The number of carbonyl (C=O) groups is 1. The first-order valence-electron chi connectivity index (χ1n) is 5.63. The summed E-state index contributed by atoms with van der Waals surface area (Å²) in [5.74, 6) is -0.330. The molecule has 0 N–H and O–H groups in total. The minimum Gasteiger partial charge on any atom is -0.329 e. The third-order valence-corrected chi connectivity index (χ3v) is 3.05.